The molecule has 138 valence electrons. The van der Waals surface area contributed by atoms with Crippen LogP contribution in [0, 0.1) is 0 Å². The van der Waals surface area contributed by atoms with Crippen LogP contribution in [0.2, 0.25) is 0 Å². The summed E-state index contributed by atoms with van der Waals surface area (Å²) in [6.45, 7) is 5.41. The number of primary amides is 1. The fourth-order valence-electron chi connectivity index (χ4n) is 1.83. The average Bonchev–Trinajstić information content (AvgIpc) is 2.51. The second kappa shape index (κ2) is 9.51. The molecular formula is C17H25N3O5. The van der Waals surface area contributed by atoms with E-state index in [1.807, 2.05) is 30.3 Å². The molecule has 0 aliphatic rings. The first-order valence-electron chi connectivity index (χ1n) is 7.91. The van der Waals surface area contributed by atoms with Crippen molar-refractivity contribution in [2.24, 2.45) is 5.73 Å². The summed E-state index contributed by atoms with van der Waals surface area (Å²) in [5.41, 5.74) is 5.46. The minimum absolute atomic E-state index is 0.0777. The number of alkyl carbamates (subject to hydrolysis) is 2. The zero-order valence-corrected chi connectivity index (χ0v) is 14.7. The van der Waals surface area contributed by atoms with Gasteiger partial charge in [-0.3, -0.25) is 4.79 Å². The molecule has 0 heterocycles. The van der Waals surface area contributed by atoms with Crippen LogP contribution in [0.15, 0.2) is 30.3 Å². The number of amides is 3. The quantitative estimate of drug-likeness (QED) is 0.690. The van der Waals surface area contributed by atoms with Gasteiger partial charge in [0.1, 0.15) is 18.2 Å². The van der Waals surface area contributed by atoms with Crippen LogP contribution in [-0.4, -0.2) is 36.3 Å². The van der Waals surface area contributed by atoms with E-state index in [1.165, 1.54) is 0 Å². The van der Waals surface area contributed by atoms with E-state index in [1.54, 1.807) is 20.8 Å². The predicted octanol–water partition coefficient (Wildman–Crippen LogP) is 1.68. The Bertz CT molecular complexity index is 584. The molecule has 0 fully saturated rings. The van der Waals surface area contributed by atoms with Gasteiger partial charge in [0.2, 0.25) is 5.91 Å². The molecular weight excluding hydrogens is 326 g/mol. The summed E-state index contributed by atoms with van der Waals surface area (Å²) < 4.78 is 10.1. The van der Waals surface area contributed by atoms with Crippen molar-refractivity contribution >= 4 is 18.1 Å². The lowest BCUT2D eigenvalue weighted by Gasteiger charge is -2.20. The van der Waals surface area contributed by atoms with E-state index in [0.29, 0.717) is 0 Å². The maximum atomic E-state index is 11.8. The van der Waals surface area contributed by atoms with Gasteiger partial charge in [0.25, 0.3) is 0 Å². The molecule has 0 aliphatic carbocycles. The van der Waals surface area contributed by atoms with Gasteiger partial charge in [-0.05, 0) is 32.8 Å². The standard InChI is InChI=1S/C17H25N3O5/c1-17(2,3)25-15(22)19-10-9-13(14(18)21)20-16(23)24-11-12-7-5-4-6-8-12/h4-8,13H,9-11H2,1-3H3,(H2,18,21)(H,19,22)(H,20,23)/t13-/m0/s1. The number of nitrogens with two attached hydrogens (primary N) is 1. The number of benzene rings is 1. The average molecular weight is 351 g/mol. The fourth-order valence-corrected chi connectivity index (χ4v) is 1.83. The van der Waals surface area contributed by atoms with Crippen LogP contribution < -0.4 is 16.4 Å². The molecule has 1 atom stereocenters. The monoisotopic (exact) mass is 351 g/mol. The largest absolute Gasteiger partial charge is 0.445 e. The van der Waals surface area contributed by atoms with E-state index in [2.05, 4.69) is 10.6 Å². The number of rotatable bonds is 7. The van der Waals surface area contributed by atoms with Gasteiger partial charge >= 0.3 is 12.2 Å². The van der Waals surface area contributed by atoms with E-state index >= 15 is 0 Å². The van der Waals surface area contributed by atoms with E-state index in [4.69, 9.17) is 15.2 Å². The van der Waals surface area contributed by atoms with Gasteiger partial charge in [0, 0.05) is 6.54 Å². The van der Waals surface area contributed by atoms with Gasteiger partial charge in [-0.15, -0.1) is 0 Å². The molecule has 3 amide bonds. The van der Waals surface area contributed by atoms with E-state index in [9.17, 15) is 14.4 Å². The maximum Gasteiger partial charge on any atom is 0.408 e. The normalized spacial score (nSPS) is 12.0. The van der Waals surface area contributed by atoms with Crippen LogP contribution in [-0.2, 0) is 20.9 Å². The highest BCUT2D eigenvalue weighted by atomic mass is 16.6. The molecule has 0 aliphatic heterocycles. The molecule has 8 nitrogen and oxygen atoms in total. The van der Waals surface area contributed by atoms with Crippen LogP contribution in [0.3, 0.4) is 0 Å². The number of nitrogens with one attached hydrogen (secondary N) is 2. The van der Waals surface area contributed by atoms with Crippen LogP contribution in [0.1, 0.15) is 32.8 Å². The van der Waals surface area contributed by atoms with Crippen LogP contribution >= 0.6 is 0 Å². The van der Waals surface area contributed by atoms with Crippen LogP contribution in [0.4, 0.5) is 9.59 Å². The second-order valence-electron chi connectivity index (χ2n) is 6.38. The fraction of sp³-hybridized carbons (Fsp3) is 0.471. The zero-order valence-electron chi connectivity index (χ0n) is 14.7. The summed E-state index contributed by atoms with van der Waals surface area (Å²) in [6.07, 6.45) is -1.25. The minimum atomic E-state index is -0.960. The first-order valence-corrected chi connectivity index (χ1v) is 7.91. The predicted molar refractivity (Wildman–Crippen MR) is 91.6 cm³/mol. The molecule has 8 heteroatoms. The van der Waals surface area contributed by atoms with Crippen molar-refractivity contribution in [2.45, 2.75) is 45.4 Å². The van der Waals surface area contributed by atoms with Crippen molar-refractivity contribution in [2.75, 3.05) is 6.54 Å². The third-order valence-electron chi connectivity index (χ3n) is 2.95. The molecule has 4 N–H and O–H groups in total. The molecule has 1 aromatic rings. The molecule has 0 saturated heterocycles. The number of ether oxygens (including phenoxy) is 2. The molecule has 1 aromatic carbocycles. The van der Waals surface area contributed by atoms with Gasteiger partial charge in [-0.2, -0.15) is 0 Å². The minimum Gasteiger partial charge on any atom is -0.445 e. The molecule has 0 spiro atoms. The van der Waals surface area contributed by atoms with Crippen molar-refractivity contribution in [1.82, 2.24) is 10.6 Å². The van der Waals surface area contributed by atoms with Crippen molar-refractivity contribution in [3.8, 4) is 0 Å². The summed E-state index contributed by atoms with van der Waals surface area (Å²) in [4.78, 5) is 34.7. The zero-order chi connectivity index (χ0) is 18.9. The third kappa shape index (κ3) is 9.19. The van der Waals surface area contributed by atoms with Gasteiger partial charge < -0.3 is 25.8 Å². The van der Waals surface area contributed by atoms with Crippen molar-refractivity contribution in [3.63, 3.8) is 0 Å². The lowest BCUT2D eigenvalue weighted by atomic mass is 10.2. The number of carbonyl (C=O) groups is 3. The second-order valence-corrected chi connectivity index (χ2v) is 6.38. The molecule has 0 radical (unpaired) electrons. The third-order valence-corrected chi connectivity index (χ3v) is 2.95. The Hall–Kier alpha value is -2.77. The number of hydrogen-bond donors (Lipinski definition) is 3. The molecule has 0 saturated carbocycles. The van der Waals surface area contributed by atoms with Gasteiger partial charge in [0.05, 0.1) is 0 Å². The summed E-state index contributed by atoms with van der Waals surface area (Å²) in [7, 11) is 0. The van der Waals surface area contributed by atoms with E-state index in [-0.39, 0.29) is 19.6 Å². The molecule has 1 rings (SSSR count). The number of hydrogen-bond acceptors (Lipinski definition) is 5. The van der Waals surface area contributed by atoms with Crippen LogP contribution in [0.25, 0.3) is 0 Å². The molecule has 0 aromatic heterocycles. The maximum absolute atomic E-state index is 11.8. The highest BCUT2D eigenvalue weighted by Gasteiger charge is 2.20. The summed E-state index contributed by atoms with van der Waals surface area (Å²) >= 11 is 0. The van der Waals surface area contributed by atoms with Gasteiger partial charge in [-0.25, -0.2) is 9.59 Å². The molecule has 0 bridgehead atoms. The Morgan fingerprint density at radius 2 is 1.76 bits per heavy atom. The van der Waals surface area contributed by atoms with Crippen LogP contribution in [0.5, 0.6) is 0 Å². The smallest absolute Gasteiger partial charge is 0.408 e. The Labute approximate surface area is 147 Å². The van der Waals surface area contributed by atoms with Crippen molar-refractivity contribution in [1.29, 1.82) is 0 Å². The number of carbonyl (C=O) groups excluding carboxylic acids is 3. The Morgan fingerprint density at radius 1 is 1.12 bits per heavy atom. The highest BCUT2D eigenvalue weighted by Crippen LogP contribution is 2.06. The van der Waals surface area contributed by atoms with E-state index < -0.39 is 29.7 Å². The summed E-state index contributed by atoms with van der Waals surface area (Å²) in [6, 6.07) is 8.16. The molecule has 0 unspecified atom stereocenters. The highest BCUT2D eigenvalue weighted by molar-refractivity contribution is 5.84. The van der Waals surface area contributed by atoms with Crippen molar-refractivity contribution in [3.05, 3.63) is 35.9 Å². The molecule has 25 heavy (non-hydrogen) atoms. The first kappa shape index (κ1) is 20.3. The SMILES string of the molecule is CC(C)(C)OC(=O)NCC[C@H](NC(=O)OCc1ccccc1)C(N)=O. The topological polar surface area (TPSA) is 120 Å². The Kier molecular flexibility index (Phi) is 7.71. The summed E-state index contributed by atoms with van der Waals surface area (Å²) in [5, 5.41) is 4.88. The first-order chi connectivity index (χ1) is 11.7. The Balaban J connectivity index is 2.37. The Morgan fingerprint density at radius 3 is 2.32 bits per heavy atom. The summed E-state index contributed by atoms with van der Waals surface area (Å²) in [5.74, 6) is -0.720. The van der Waals surface area contributed by atoms with E-state index in [0.717, 1.165) is 5.56 Å². The van der Waals surface area contributed by atoms with Crippen molar-refractivity contribution < 1.29 is 23.9 Å². The van der Waals surface area contributed by atoms with Gasteiger partial charge in [-0.1, -0.05) is 30.3 Å². The lowest BCUT2D eigenvalue weighted by Crippen LogP contribution is -2.46. The lowest BCUT2D eigenvalue weighted by molar-refractivity contribution is -0.120. The van der Waals surface area contributed by atoms with Gasteiger partial charge in [0.15, 0.2) is 0 Å².